The van der Waals surface area contributed by atoms with Crippen molar-refractivity contribution in [2.24, 2.45) is 10.6 Å². The number of carbonyl (C=O) groups excluding carboxylic acids is 2. The molecule has 0 aromatic heterocycles. The van der Waals surface area contributed by atoms with Gasteiger partial charge in [0.25, 0.3) is 11.8 Å². The molecule has 22 heavy (non-hydrogen) atoms. The molecule has 0 spiro atoms. The first-order chi connectivity index (χ1) is 10.6. The van der Waals surface area contributed by atoms with Crippen LogP contribution in [0.4, 0.5) is 0 Å². The summed E-state index contributed by atoms with van der Waals surface area (Å²) in [5.41, 5.74) is 0.211. The van der Waals surface area contributed by atoms with E-state index >= 15 is 0 Å². The second kappa shape index (κ2) is 7.92. The van der Waals surface area contributed by atoms with Crippen molar-refractivity contribution >= 4 is 11.8 Å². The van der Waals surface area contributed by atoms with E-state index < -0.39 is 11.8 Å². The highest BCUT2D eigenvalue weighted by Crippen LogP contribution is 2.10. The molecule has 0 saturated carbocycles. The molecule has 2 amide bonds. The fraction of sp³-hybridized carbons (Fsp3) is 0.143. The molecule has 1 aromatic carbocycles. The molecule has 0 aliphatic rings. The monoisotopic (exact) mass is 298 g/mol. The Morgan fingerprint density at radius 1 is 0.864 bits per heavy atom. The molecule has 8 heteroatoms. The van der Waals surface area contributed by atoms with Gasteiger partial charge < -0.3 is 0 Å². The number of hydrogen-bond acceptors (Lipinski definition) is 6. The summed E-state index contributed by atoms with van der Waals surface area (Å²) in [7, 11) is 0. The molecule has 0 unspecified atom stereocenters. The summed E-state index contributed by atoms with van der Waals surface area (Å²) in [6, 6.07) is 5.18. The first-order valence-corrected chi connectivity index (χ1v) is 5.86. The Balaban J connectivity index is 2.96. The smallest absolute Gasteiger partial charge is 0.267 e. The van der Waals surface area contributed by atoms with Crippen LogP contribution in [0.15, 0.2) is 34.8 Å². The van der Waals surface area contributed by atoms with Crippen LogP contribution in [-0.4, -0.2) is 34.9 Å². The van der Waals surface area contributed by atoms with Gasteiger partial charge in [-0.05, 0) is 24.3 Å². The lowest BCUT2D eigenvalue weighted by molar-refractivity contribution is 0.0767. The highest BCUT2D eigenvalue weighted by Gasteiger charge is 2.18. The molecule has 1 aromatic rings. The number of hydrogen-bond donors (Lipinski definition) is 0. The van der Waals surface area contributed by atoms with Crippen molar-refractivity contribution in [1.29, 1.82) is 0 Å². The predicted molar refractivity (Wildman–Crippen MR) is 77.8 cm³/mol. The maximum Gasteiger partial charge on any atom is 0.277 e. The lowest BCUT2D eigenvalue weighted by Crippen LogP contribution is -2.27. The highest BCUT2D eigenvalue weighted by atomic mass is 16.3. The van der Waals surface area contributed by atoms with E-state index in [9.17, 15) is 19.4 Å². The summed E-state index contributed by atoms with van der Waals surface area (Å²) in [4.78, 5) is 44.8. The highest BCUT2D eigenvalue weighted by molar-refractivity contribution is 5.97. The summed E-state index contributed by atoms with van der Waals surface area (Å²) >= 11 is 0. The third-order valence-electron chi connectivity index (χ3n) is 2.53. The van der Waals surface area contributed by atoms with Gasteiger partial charge >= 0.3 is 0 Å². The van der Waals surface area contributed by atoms with Gasteiger partial charge in [0.1, 0.15) is 13.1 Å². The van der Waals surface area contributed by atoms with E-state index in [-0.39, 0.29) is 24.2 Å². The molecule has 0 heterocycles. The van der Waals surface area contributed by atoms with Gasteiger partial charge in [-0.2, -0.15) is 10.0 Å². The van der Waals surface area contributed by atoms with Gasteiger partial charge in [-0.3, -0.25) is 9.59 Å². The summed E-state index contributed by atoms with van der Waals surface area (Å²) in [6.45, 7) is -0.540. The summed E-state index contributed by atoms with van der Waals surface area (Å²) in [5, 5.41) is 6.16. The Kier molecular flexibility index (Phi) is 5.95. The number of nitrogens with zero attached hydrogens (tertiary/aromatic N) is 4. The number of nitroso groups, excluding NO2 is 2. The molecule has 0 aliphatic heterocycles. The number of benzene rings is 1. The summed E-state index contributed by atoms with van der Waals surface area (Å²) in [6.07, 6.45) is 10.0. The molecule has 0 N–H and O–H groups in total. The van der Waals surface area contributed by atoms with Crippen LogP contribution in [0.3, 0.4) is 0 Å². The SMILES string of the molecule is C#CCN(N=O)C(=O)c1ccc(C(=O)N(CC#C)N=O)cc1. The third-order valence-corrected chi connectivity index (χ3v) is 2.53. The Morgan fingerprint density at radius 2 is 1.18 bits per heavy atom. The van der Waals surface area contributed by atoms with Gasteiger partial charge in [0.2, 0.25) is 0 Å². The van der Waals surface area contributed by atoms with Crippen molar-refractivity contribution in [3.8, 4) is 24.7 Å². The Labute approximate surface area is 126 Å². The maximum absolute atomic E-state index is 11.9. The fourth-order valence-corrected chi connectivity index (χ4v) is 1.50. The standard InChI is InChI=1S/C14H10N4O4/c1-3-9-17(15-21)13(19)11-5-7-12(8-6-11)14(20)18(16-22)10-4-2/h1-2,5-8H,9-10H2. The van der Waals surface area contributed by atoms with Crippen LogP contribution in [0.25, 0.3) is 0 Å². The van der Waals surface area contributed by atoms with Crippen LogP contribution in [0.5, 0.6) is 0 Å². The van der Waals surface area contributed by atoms with E-state index in [1.54, 1.807) is 0 Å². The van der Waals surface area contributed by atoms with E-state index in [2.05, 4.69) is 22.4 Å². The molecule has 8 nitrogen and oxygen atoms in total. The average molecular weight is 298 g/mol. The van der Waals surface area contributed by atoms with Crippen molar-refractivity contribution in [2.45, 2.75) is 0 Å². The molecule has 0 aliphatic carbocycles. The molecule has 1 rings (SSSR count). The van der Waals surface area contributed by atoms with Crippen LogP contribution >= 0.6 is 0 Å². The van der Waals surface area contributed by atoms with E-state index in [1.807, 2.05) is 0 Å². The molecule has 0 bridgehead atoms. The van der Waals surface area contributed by atoms with Crippen molar-refractivity contribution in [3.05, 3.63) is 45.2 Å². The zero-order valence-corrected chi connectivity index (χ0v) is 11.3. The number of terminal acetylenes is 2. The molecular weight excluding hydrogens is 288 g/mol. The zero-order chi connectivity index (χ0) is 16.5. The number of amides is 2. The first-order valence-electron chi connectivity index (χ1n) is 5.86. The van der Waals surface area contributed by atoms with Gasteiger partial charge in [-0.1, -0.05) is 11.8 Å². The van der Waals surface area contributed by atoms with Crippen molar-refractivity contribution in [3.63, 3.8) is 0 Å². The molecule has 0 atom stereocenters. The van der Waals surface area contributed by atoms with Gasteiger partial charge in [0, 0.05) is 11.1 Å². The Bertz CT molecular complexity index is 611. The van der Waals surface area contributed by atoms with Crippen LogP contribution in [-0.2, 0) is 0 Å². The van der Waals surface area contributed by atoms with Gasteiger partial charge in [-0.25, -0.2) is 0 Å². The lowest BCUT2D eigenvalue weighted by atomic mass is 10.1. The summed E-state index contributed by atoms with van der Waals surface area (Å²) < 4.78 is 0. The lowest BCUT2D eigenvalue weighted by Gasteiger charge is -2.12. The Morgan fingerprint density at radius 3 is 1.41 bits per heavy atom. The molecule has 0 fully saturated rings. The van der Waals surface area contributed by atoms with Crippen molar-refractivity contribution < 1.29 is 9.59 Å². The van der Waals surface area contributed by atoms with E-state index in [1.165, 1.54) is 24.3 Å². The number of rotatable bonds is 6. The second-order valence-electron chi connectivity index (χ2n) is 3.87. The fourth-order valence-electron chi connectivity index (χ4n) is 1.50. The minimum absolute atomic E-state index is 0.106. The first kappa shape index (κ1) is 16.5. The largest absolute Gasteiger partial charge is 0.277 e. The van der Waals surface area contributed by atoms with E-state index in [0.29, 0.717) is 10.0 Å². The molecule has 110 valence electrons. The zero-order valence-electron chi connectivity index (χ0n) is 11.3. The normalized spacial score (nSPS) is 9.00. The molecular formula is C14H10N4O4. The van der Waals surface area contributed by atoms with Crippen LogP contribution in [0.2, 0.25) is 0 Å². The predicted octanol–water partition coefficient (Wildman–Crippen LogP) is 1.20. The Hall–Kier alpha value is -3.52. The van der Waals surface area contributed by atoms with Gasteiger partial charge in [0.05, 0.1) is 10.6 Å². The van der Waals surface area contributed by atoms with Gasteiger partial charge in [-0.15, -0.1) is 22.7 Å². The van der Waals surface area contributed by atoms with E-state index in [4.69, 9.17) is 12.8 Å². The molecule has 0 radical (unpaired) electrons. The van der Waals surface area contributed by atoms with E-state index in [0.717, 1.165) is 0 Å². The van der Waals surface area contributed by atoms with Crippen molar-refractivity contribution in [1.82, 2.24) is 10.0 Å². The van der Waals surface area contributed by atoms with Gasteiger partial charge in [0.15, 0.2) is 0 Å². The quantitative estimate of drug-likeness (QED) is 0.447. The molecule has 0 saturated heterocycles. The minimum Gasteiger partial charge on any atom is -0.267 e. The number of carbonyl (C=O) groups is 2. The summed E-state index contributed by atoms with van der Waals surface area (Å²) in [5.74, 6) is 2.83. The van der Waals surface area contributed by atoms with Crippen LogP contribution in [0, 0.1) is 34.5 Å². The minimum atomic E-state index is -0.707. The third kappa shape index (κ3) is 3.74. The van der Waals surface area contributed by atoms with Crippen LogP contribution in [0.1, 0.15) is 20.7 Å². The topological polar surface area (TPSA) is 99.5 Å². The maximum atomic E-state index is 11.9. The van der Waals surface area contributed by atoms with Crippen molar-refractivity contribution in [2.75, 3.05) is 13.1 Å². The van der Waals surface area contributed by atoms with Crippen LogP contribution < -0.4 is 0 Å². The second-order valence-corrected chi connectivity index (χ2v) is 3.87. The average Bonchev–Trinajstić information content (AvgIpc) is 2.56.